The minimum Gasteiger partial charge on any atom is -0.361 e. The number of nitrogens with zero attached hydrogens (tertiary/aromatic N) is 4. The summed E-state index contributed by atoms with van der Waals surface area (Å²) < 4.78 is 29.2. The zero-order valence-corrected chi connectivity index (χ0v) is 20.6. The second-order valence-corrected chi connectivity index (χ2v) is 11.6. The Bertz CT molecular complexity index is 1280. The van der Waals surface area contributed by atoms with Gasteiger partial charge in [0.1, 0.15) is 0 Å². The monoisotopic (exact) mass is 489 g/mol. The molecule has 2 aromatic carbocycles. The number of nitrogens with one attached hydrogen (secondary N) is 1. The molecule has 182 valence electrons. The Labute approximate surface area is 207 Å². The predicted molar refractivity (Wildman–Crippen MR) is 135 cm³/mol. The molecule has 1 unspecified atom stereocenters. The number of fused-ring (bicyclic) bond motifs is 1. The van der Waals surface area contributed by atoms with Crippen LogP contribution in [0.25, 0.3) is 0 Å². The second-order valence-electron chi connectivity index (χ2n) is 9.65. The summed E-state index contributed by atoms with van der Waals surface area (Å²) in [6.45, 7) is 1.38. The summed E-state index contributed by atoms with van der Waals surface area (Å²) in [6, 6.07) is 16.4. The van der Waals surface area contributed by atoms with E-state index in [-0.39, 0.29) is 10.9 Å². The third-order valence-corrected chi connectivity index (χ3v) is 9.23. The Balaban J connectivity index is 1.51. The Morgan fingerprint density at radius 2 is 1.83 bits per heavy atom. The minimum absolute atomic E-state index is 0.0377. The van der Waals surface area contributed by atoms with Gasteiger partial charge in [-0.15, -0.1) is 0 Å². The van der Waals surface area contributed by atoms with Crippen LogP contribution >= 0.6 is 0 Å². The van der Waals surface area contributed by atoms with Gasteiger partial charge >= 0.3 is 0 Å². The van der Waals surface area contributed by atoms with E-state index in [1.54, 1.807) is 34.9 Å². The minimum atomic E-state index is -3.73. The third kappa shape index (κ3) is 5.12. The van der Waals surface area contributed by atoms with E-state index in [2.05, 4.69) is 27.0 Å². The summed E-state index contributed by atoms with van der Waals surface area (Å²) in [6.07, 6.45) is 10.7. The molecule has 0 bridgehead atoms. The first-order chi connectivity index (χ1) is 17.0. The van der Waals surface area contributed by atoms with Crippen molar-refractivity contribution in [3.63, 3.8) is 0 Å². The number of para-hydroxylation sites is 1. The van der Waals surface area contributed by atoms with Crippen LogP contribution in [0.5, 0.6) is 0 Å². The fourth-order valence-corrected chi connectivity index (χ4v) is 6.94. The van der Waals surface area contributed by atoms with Crippen molar-refractivity contribution in [2.45, 2.75) is 62.6 Å². The van der Waals surface area contributed by atoms with Gasteiger partial charge in [-0.25, -0.2) is 13.4 Å². The molecule has 3 aromatic rings. The number of rotatable bonds is 7. The van der Waals surface area contributed by atoms with Gasteiger partial charge in [-0.1, -0.05) is 43.9 Å². The lowest BCUT2D eigenvalue weighted by atomic mass is 9.97. The normalized spacial score (nSPS) is 19.3. The largest absolute Gasteiger partial charge is 0.361 e. The maximum absolute atomic E-state index is 13.8. The van der Waals surface area contributed by atoms with E-state index in [0.29, 0.717) is 25.2 Å². The van der Waals surface area contributed by atoms with Gasteiger partial charge in [0.25, 0.3) is 0 Å². The summed E-state index contributed by atoms with van der Waals surface area (Å²) in [5.74, 6) is 0.728. The molecule has 35 heavy (non-hydrogen) atoms. The fourth-order valence-electron chi connectivity index (χ4n) is 5.49. The summed E-state index contributed by atoms with van der Waals surface area (Å²) in [4.78, 5) is 10.0. The van der Waals surface area contributed by atoms with Crippen molar-refractivity contribution in [2.75, 3.05) is 11.4 Å². The zero-order chi connectivity index (χ0) is 24.3. The van der Waals surface area contributed by atoms with Crippen LogP contribution in [0.3, 0.4) is 0 Å². The zero-order valence-electron chi connectivity index (χ0n) is 19.8. The molecule has 1 aliphatic heterocycles. The van der Waals surface area contributed by atoms with E-state index in [1.165, 1.54) is 25.7 Å². The molecule has 2 aliphatic rings. The Morgan fingerprint density at radius 3 is 2.54 bits per heavy atom. The molecule has 7 nitrogen and oxygen atoms in total. The molecule has 0 saturated heterocycles. The standard InChI is InChI=1S/C27H31N5O2S/c28-15-22-10-13-26(14-11-22)35(33,34)31-17-23-7-3-4-8-27(23)32(18-24-16-29-20-30-24)25(19-31)12-9-21-5-1-2-6-21/h3-4,7-8,10-11,13-14,16,20-21,25H,1-2,5-6,9,12,17-19H2,(H,29,30). The molecule has 0 spiro atoms. The number of benzene rings is 2. The van der Waals surface area contributed by atoms with Crippen molar-refractivity contribution in [3.05, 3.63) is 77.9 Å². The van der Waals surface area contributed by atoms with Crippen LogP contribution in [0.2, 0.25) is 0 Å². The van der Waals surface area contributed by atoms with E-state index in [9.17, 15) is 8.42 Å². The highest BCUT2D eigenvalue weighted by molar-refractivity contribution is 7.89. The van der Waals surface area contributed by atoms with Gasteiger partial charge in [-0.2, -0.15) is 9.57 Å². The Morgan fingerprint density at radius 1 is 1.06 bits per heavy atom. The number of H-pyrrole nitrogens is 1. The lowest BCUT2D eigenvalue weighted by molar-refractivity contribution is 0.350. The van der Waals surface area contributed by atoms with E-state index < -0.39 is 10.0 Å². The third-order valence-electron chi connectivity index (χ3n) is 7.40. The molecule has 5 rings (SSSR count). The topological polar surface area (TPSA) is 93.1 Å². The Hall–Kier alpha value is -3.15. The molecule has 1 saturated carbocycles. The molecular formula is C27H31N5O2S. The second kappa shape index (κ2) is 10.2. The van der Waals surface area contributed by atoms with E-state index in [0.717, 1.165) is 35.7 Å². The Kier molecular flexibility index (Phi) is 6.89. The number of imidazole rings is 1. The fraction of sp³-hybridized carbons (Fsp3) is 0.407. The van der Waals surface area contributed by atoms with Crippen LogP contribution in [0.1, 0.15) is 55.3 Å². The number of nitriles is 1. The summed E-state index contributed by atoms with van der Waals surface area (Å²) in [7, 11) is -3.73. The van der Waals surface area contributed by atoms with Crippen molar-refractivity contribution >= 4 is 15.7 Å². The van der Waals surface area contributed by atoms with Gasteiger partial charge in [0, 0.05) is 31.0 Å². The van der Waals surface area contributed by atoms with Gasteiger partial charge in [0.15, 0.2) is 0 Å². The van der Waals surface area contributed by atoms with Crippen LogP contribution in [0.15, 0.2) is 66.0 Å². The smallest absolute Gasteiger partial charge is 0.243 e. The van der Waals surface area contributed by atoms with Crippen molar-refractivity contribution in [3.8, 4) is 6.07 Å². The number of hydrogen-bond acceptors (Lipinski definition) is 5. The van der Waals surface area contributed by atoms with E-state index in [1.807, 2.05) is 24.4 Å². The van der Waals surface area contributed by atoms with Crippen molar-refractivity contribution in [2.24, 2.45) is 5.92 Å². The molecule has 0 amide bonds. The van der Waals surface area contributed by atoms with Gasteiger partial charge in [-0.3, -0.25) is 0 Å². The number of aromatic amines is 1. The van der Waals surface area contributed by atoms with Gasteiger partial charge in [0.05, 0.1) is 35.1 Å². The number of aromatic nitrogens is 2. The summed E-state index contributed by atoms with van der Waals surface area (Å²) in [5.41, 5.74) is 3.53. The first-order valence-electron chi connectivity index (χ1n) is 12.4. The average molecular weight is 490 g/mol. The first kappa shape index (κ1) is 23.6. The van der Waals surface area contributed by atoms with Crippen LogP contribution in [0, 0.1) is 17.2 Å². The molecule has 8 heteroatoms. The lowest BCUT2D eigenvalue weighted by Crippen LogP contribution is -2.43. The molecule has 1 aliphatic carbocycles. The predicted octanol–water partition coefficient (Wildman–Crippen LogP) is 4.83. The van der Waals surface area contributed by atoms with Crippen molar-refractivity contribution < 1.29 is 8.42 Å². The quantitative estimate of drug-likeness (QED) is 0.513. The van der Waals surface area contributed by atoms with Crippen LogP contribution in [0.4, 0.5) is 5.69 Å². The van der Waals surface area contributed by atoms with Gasteiger partial charge in [-0.05, 0) is 54.7 Å². The summed E-state index contributed by atoms with van der Waals surface area (Å²) >= 11 is 0. The van der Waals surface area contributed by atoms with Crippen LogP contribution in [-0.2, 0) is 23.1 Å². The maximum atomic E-state index is 13.8. The molecule has 1 fully saturated rings. The van der Waals surface area contributed by atoms with Gasteiger partial charge < -0.3 is 9.88 Å². The average Bonchev–Trinajstić information content (AvgIpc) is 3.57. The van der Waals surface area contributed by atoms with Crippen LogP contribution in [-0.4, -0.2) is 35.3 Å². The van der Waals surface area contributed by atoms with Crippen molar-refractivity contribution in [1.29, 1.82) is 5.26 Å². The highest BCUT2D eigenvalue weighted by Crippen LogP contribution is 2.35. The van der Waals surface area contributed by atoms with E-state index in [4.69, 9.17) is 5.26 Å². The number of anilines is 1. The highest BCUT2D eigenvalue weighted by Gasteiger charge is 2.35. The molecule has 1 atom stereocenters. The maximum Gasteiger partial charge on any atom is 0.243 e. The van der Waals surface area contributed by atoms with Crippen LogP contribution < -0.4 is 4.90 Å². The van der Waals surface area contributed by atoms with Gasteiger partial charge in [0.2, 0.25) is 10.0 Å². The molecular weight excluding hydrogens is 458 g/mol. The highest BCUT2D eigenvalue weighted by atomic mass is 32.2. The number of sulfonamides is 1. The number of hydrogen-bond donors (Lipinski definition) is 1. The molecule has 1 N–H and O–H groups in total. The lowest BCUT2D eigenvalue weighted by Gasteiger charge is -2.34. The molecule has 1 aromatic heterocycles. The molecule has 2 heterocycles. The molecule has 0 radical (unpaired) electrons. The first-order valence-corrected chi connectivity index (χ1v) is 13.8. The van der Waals surface area contributed by atoms with Crippen molar-refractivity contribution in [1.82, 2.24) is 14.3 Å². The SMILES string of the molecule is N#Cc1ccc(S(=O)(=O)N2Cc3ccccc3N(Cc3cnc[nH]3)C(CCC3CCCC3)C2)cc1. The van der Waals surface area contributed by atoms with E-state index >= 15 is 0 Å². The summed E-state index contributed by atoms with van der Waals surface area (Å²) in [5, 5.41) is 9.12.